The Kier molecular flexibility index (Phi) is 6.71. The molecule has 0 aromatic heterocycles. The first kappa shape index (κ1) is 19.7. The lowest BCUT2D eigenvalue weighted by molar-refractivity contribution is -0.111. The van der Waals surface area contributed by atoms with Crippen molar-refractivity contribution in [1.82, 2.24) is 0 Å². The normalized spacial score (nSPS) is 10.3. The Morgan fingerprint density at radius 2 is 1.56 bits per heavy atom. The highest BCUT2D eigenvalue weighted by Crippen LogP contribution is 2.20. The fourth-order valence-electron chi connectivity index (χ4n) is 2.24. The maximum atomic E-state index is 12.2. The Balaban J connectivity index is 2.22. The molecule has 0 fully saturated rings. The van der Waals surface area contributed by atoms with Crippen molar-refractivity contribution >= 4 is 29.6 Å². The first-order valence-corrected chi connectivity index (χ1v) is 7.92. The molecule has 1 N–H and O–H groups in total. The molecule has 0 spiro atoms. The van der Waals surface area contributed by atoms with Gasteiger partial charge in [-0.3, -0.25) is 4.79 Å². The molecule has 1 amide bonds. The van der Waals surface area contributed by atoms with Crippen LogP contribution in [0.25, 0.3) is 6.08 Å². The van der Waals surface area contributed by atoms with Gasteiger partial charge in [-0.2, -0.15) is 0 Å². The van der Waals surface area contributed by atoms with Gasteiger partial charge >= 0.3 is 11.9 Å². The summed E-state index contributed by atoms with van der Waals surface area (Å²) in [4.78, 5) is 35.8. The number of anilines is 1. The fourth-order valence-corrected chi connectivity index (χ4v) is 2.24. The third-order valence-corrected chi connectivity index (χ3v) is 3.65. The summed E-state index contributed by atoms with van der Waals surface area (Å²) in [5, 5.41) is 2.58. The van der Waals surface area contributed by atoms with Gasteiger partial charge in [0.05, 0.1) is 38.1 Å². The molecule has 0 radical (unpaired) electrons. The van der Waals surface area contributed by atoms with Gasteiger partial charge in [-0.15, -0.1) is 0 Å². The van der Waals surface area contributed by atoms with E-state index in [0.29, 0.717) is 5.75 Å². The van der Waals surface area contributed by atoms with Crippen molar-refractivity contribution in [3.05, 3.63) is 65.2 Å². The van der Waals surface area contributed by atoms with Crippen molar-refractivity contribution < 1.29 is 28.6 Å². The molecular weight excluding hydrogens is 350 g/mol. The monoisotopic (exact) mass is 369 g/mol. The number of amides is 1. The number of nitrogens with one attached hydrogen (secondary N) is 1. The number of benzene rings is 2. The molecule has 7 heteroatoms. The Labute approximate surface area is 156 Å². The lowest BCUT2D eigenvalue weighted by Crippen LogP contribution is -2.14. The van der Waals surface area contributed by atoms with Gasteiger partial charge in [0, 0.05) is 6.08 Å². The number of hydrogen-bond donors (Lipinski definition) is 1. The van der Waals surface area contributed by atoms with Gasteiger partial charge in [0.2, 0.25) is 5.91 Å². The van der Waals surface area contributed by atoms with Gasteiger partial charge in [0.1, 0.15) is 5.75 Å². The molecule has 2 rings (SSSR count). The van der Waals surface area contributed by atoms with E-state index in [9.17, 15) is 14.4 Å². The van der Waals surface area contributed by atoms with Crippen LogP contribution in [0.5, 0.6) is 5.75 Å². The Bertz CT molecular complexity index is 871. The summed E-state index contributed by atoms with van der Waals surface area (Å²) in [5.41, 5.74) is 1.26. The van der Waals surface area contributed by atoms with Crippen molar-refractivity contribution in [2.24, 2.45) is 0 Å². The van der Waals surface area contributed by atoms with Crippen molar-refractivity contribution in [3.63, 3.8) is 0 Å². The fraction of sp³-hybridized carbons (Fsp3) is 0.150. The standard InChI is InChI=1S/C20H19NO6/c1-25-15-8-4-13(5-9-15)6-11-18(22)21-17-12-14(19(23)26-2)7-10-16(17)20(24)27-3/h4-12H,1-3H3,(H,21,22)/b11-6+. The average molecular weight is 369 g/mol. The molecule has 140 valence electrons. The summed E-state index contributed by atoms with van der Waals surface area (Å²) in [7, 11) is 4.04. The largest absolute Gasteiger partial charge is 0.497 e. The number of hydrogen-bond acceptors (Lipinski definition) is 6. The second kappa shape index (κ2) is 9.19. The van der Waals surface area contributed by atoms with Crippen LogP contribution in [0.15, 0.2) is 48.5 Å². The van der Waals surface area contributed by atoms with E-state index in [4.69, 9.17) is 9.47 Å². The quantitative estimate of drug-likeness (QED) is 0.622. The number of methoxy groups -OCH3 is 3. The minimum absolute atomic E-state index is 0.122. The van der Waals surface area contributed by atoms with Crippen LogP contribution in [0.4, 0.5) is 5.69 Å². The van der Waals surface area contributed by atoms with Gasteiger partial charge in [0.15, 0.2) is 0 Å². The molecule has 0 heterocycles. The van der Waals surface area contributed by atoms with Gasteiger partial charge in [-0.25, -0.2) is 9.59 Å². The summed E-state index contributed by atoms with van der Waals surface area (Å²) in [6.45, 7) is 0. The van der Waals surface area contributed by atoms with Gasteiger partial charge in [0.25, 0.3) is 0 Å². The molecule has 0 bridgehead atoms. The van der Waals surface area contributed by atoms with Gasteiger partial charge < -0.3 is 19.5 Å². The smallest absolute Gasteiger partial charge is 0.339 e. The van der Waals surface area contributed by atoms with Gasteiger partial charge in [-0.1, -0.05) is 12.1 Å². The Morgan fingerprint density at radius 1 is 0.889 bits per heavy atom. The maximum Gasteiger partial charge on any atom is 0.339 e. The van der Waals surface area contributed by atoms with Crippen LogP contribution in [0, 0.1) is 0 Å². The molecule has 0 aliphatic rings. The molecule has 0 atom stereocenters. The minimum Gasteiger partial charge on any atom is -0.497 e. The third kappa shape index (κ3) is 5.18. The first-order chi connectivity index (χ1) is 13.0. The van der Waals surface area contributed by atoms with Crippen molar-refractivity contribution in [3.8, 4) is 5.75 Å². The molecule has 0 aliphatic carbocycles. The molecule has 0 saturated heterocycles. The number of carbonyl (C=O) groups is 3. The van der Waals surface area contributed by atoms with Crippen molar-refractivity contribution in [2.75, 3.05) is 26.6 Å². The highest BCUT2D eigenvalue weighted by molar-refractivity contribution is 6.07. The summed E-state index contributed by atoms with van der Waals surface area (Å²) in [6, 6.07) is 11.3. The van der Waals surface area contributed by atoms with E-state index >= 15 is 0 Å². The highest BCUT2D eigenvalue weighted by Gasteiger charge is 2.16. The first-order valence-electron chi connectivity index (χ1n) is 7.92. The van der Waals surface area contributed by atoms with Crippen LogP contribution in [-0.2, 0) is 14.3 Å². The van der Waals surface area contributed by atoms with E-state index < -0.39 is 17.8 Å². The van der Waals surface area contributed by atoms with E-state index in [1.165, 1.54) is 38.5 Å². The zero-order valence-corrected chi connectivity index (χ0v) is 15.1. The molecule has 2 aromatic carbocycles. The number of rotatable bonds is 6. The van der Waals surface area contributed by atoms with E-state index in [2.05, 4.69) is 10.1 Å². The molecule has 0 aliphatic heterocycles. The highest BCUT2D eigenvalue weighted by atomic mass is 16.5. The van der Waals surface area contributed by atoms with E-state index in [0.717, 1.165) is 5.56 Å². The van der Waals surface area contributed by atoms with Crippen molar-refractivity contribution in [2.45, 2.75) is 0 Å². The lowest BCUT2D eigenvalue weighted by Gasteiger charge is -2.10. The molecule has 7 nitrogen and oxygen atoms in total. The molecule has 2 aromatic rings. The molecular formula is C20H19NO6. The van der Waals surface area contributed by atoms with Crippen LogP contribution < -0.4 is 10.1 Å². The Hall–Kier alpha value is -3.61. The van der Waals surface area contributed by atoms with Crippen LogP contribution in [0.2, 0.25) is 0 Å². The summed E-state index contributed by atoms with van der Waals surface area (Å²) in [6.07, 6.45) is 2.92. The van der Waals surface area contributed by atoms with E-state index in [1.807, 2.05) is 0 Å². The van der Waals surface area contributed by atoms with Crippen LogP contribution in [0.3, 0.4) is 0 Å². The maximum absolute atomic E-state index is 12.2. The zero-order chi connectivity index (χ0) is 19.8. The Morgan fingerprint density at radius 3 is 2.15 bits per heavy atom. The number of carbonyl (C=O) groups excluding carboxylic acids is 3. The predicted octanol–water partition coefficient (Wildman–Crippen LogP) is 2.92. The van der Waals surface area contributed by atoms with Crippen LogP contribution in [-0.4, -0.2) is 39.2 Å². The number of ether oxygens (including phenoxy) is 3. The molecule has 0 unspecified atom stereocenters. The topological polar surface area (TPSA) is 90.9 Å². The molecule has 27 heavy (non-hydrogen) atoms. The average Bonchev–Trinajstić information content (AvgIpc) is 2.71. The van der Waals surface area contributed by atoms with Crippen LogP contribution >= 0.6 is 0 Å². The van der Waals surface area contributed by atoms with E-state index in [-0.39, 0.29) is 16.8 Å². The summed E-state index contributed by atoms with van der Waals surface area (Å²) >= 11 is 0. The zero-order valence-electron chi connectivity index (χ0n) is 15.1. The van der Waals surface area contributed by atoms with Crippen LogP contribution in [0.1, 0.15) is 26.3 Å². The predicted molar refractivity (Wildman–Crippen MR) is 99.8 cm³/mol. The lowest BCUT2D eigenvalue weighted by atomic mass is 10.1. The summed E-state index contributed by atoms with van der Waals surface area (Å²) < 4.78 is 14.4. The third-order valence-electron chi connectivity index (χ3n) is 3.65. The SMILES string of the molecule is COC(=O)c1ccc(C(=O)OC)c(NC(=O)/C=C/c2ccc(OC)cc2)c1. The number of esters is 2. The summed E-state index contributed by atoms with van der Waals surface area (Å²) in [5.74, 6) is -0.992. The van der Waals surface area contributed by atoms with E-state index in [1.54, 1.807) is 37.5 Å². The van der Waals surface area contributed by atoms with Gasteiger partial charge in [-0.05, 0) is 42.0 Å². The second-order valence-electron chi connectivity index (χ2n) is 5.34. The minimum atomic E-state index is -0.638. The second-order valence-corrected chi connectivity index (χ2v) is 5.34. The molecule has 0 saturated carbocycles. The van der Waals surface area contributed by atoms with Crippen molar-refractivity contribution in [1.29, 1.82) is 0 Å².